The Hall–Kier alpha value is -5.40. The van der Waals surface area contributed by atoms with Gasteiger partial charge in [-0.05, 0) is 59.4 Å². The summed E-state index contributed by atoms with van der Waals surface area (Å²) in [5.41, 5.74) is 3.63. The van der Waals surface area contributed by atoms with Crippen LogP contribution in [-0.2, 0) is 19.1 Å². The minimum Gasteiger partial charge on any atom is -0.453 e. The summed E-state index contributed by atoms with van der Waals surface area (Å²) >= 11 is 0. The number of hydrogen-bond acceptors (Lipinski definition) is 8. The van der Waals surface area contributed by atoms with Gasteiger partial charge in [-0.2, -0.15) is 0 Å². The molecule has 6 rings (SSSR count). The molecule has 6 unspecified atom stereocenters. The maximum Gasteiger partial charge on any atom is 0.407 e. The number of amides is 4. The topological polar surface area (TPSA) is 175 Å². The predicted molar refractivity (Wildman–Crippen MR) is 204 cm³/mol. The smallest absolute Gasteiger partial charge is 0.407 e. The first-order chi connectivity index (χ1) is 25.8. The molecule has 4 N–H and O–H groups in total. The average Bonchev–Trinajstić information content (AvgIpc) is 3.98. The SMILES string of the molecule is COC(=O)NC(C(=O)N1CC(C)CC1c1ncc(-c2ccc3cc(-c4cnc(C5CC(C)CN5C(=O)C(NC(=O)OC)C(C)C)[nH]4)ccc3c2)[nH]1)C(C)C. The van der Waals surface area contributed by atoms with E-state index in [1.165, 1.54) is 14.2 Å². The Morgan fingerprint density at radius 2 is 1.07 bits per heavy atom. The molecule has 0 radical (unpaired) electrons. The van der Waals surface area contributed by atoms with E-state index < -0.39 is 24.3 Å². The lowest BCUT2D eigenvalue weighted by Crippen LogP contribution is -2.51. The third-order valence-electron chi connectivity index (χ3n) is 10.7. The number of likely N-dealkylation sites (tertiary alicyclic amines) is 2. The predicted octanol–water partition coefficient (Wildman–Crippen LogP) is 6.20. The van der Waals surface area contributed by atoms with E-state index in [9.17, 15) is 19.2 Å². The zero-order chi connectivity index (χ0) is 38.8. The Kier molecular flexibility index (Phi) is 11.3. The third kappa shape index (κ3) is 7.92. The van der Waals surface area contributed by atoms with E-state index in [0.717, 1.165) is 46.1 Å². The van der Waals surface area contributed by atoms with E-state index in [0.29, 0.717) is 24.7 Å². The van der Waals surface area contributed by atoms with Crippen LogP contribution in [0.4, 0.5) is 9.59 Å². The highest BCUT2D eigenvalue weighted by atomic mass is 16.5. The van der Waals surface area contributed by atoms with E-state index in [1.54, 1.807) is 0 Å². The number of rotatable bonds is 10. The molecule has 2 aliphatic rings. The number of aromatic nitrogens is 4. The minimum absolute atomic E-state index is 0.119. The number of H-pyrrole nitrogens is 2. The van der Waals surface area contributed by atoms with Crippen LogP contribution >= 0.6 is 0 Å². The van der Waals surface area contributed by atoms with Gasteiger partial charge in [-0.3, -0.25) is 9.59 Å². The summed E-state index contributed by atoms with van der Waals surface area (Å²) in [4.78, 5) is 71.5. The summed E-state index contributed by atoms with van der Waals surface area (Å²) in [6.07, 6.45) is 3.88. The van der Waals surface area contributed by atoms with Crippen LogP contribution in [-0.4, -0.2) is 93.1 Å². The summed E-state index contributed by atoms with van der Waals surface area (Å²) in [6.45, 7) is 13.0. The number of benzene rings is 2. The van der Waals surface area contributed by atoms with Gasteiger partial charge in [0.1, 0.15) is 23.7 Å². The molecule has 14 heteroatoms. The summed E-state index contributed by atoms with van der Waals surface area (Å²) < 4.78 is 9.56. The standard InChI is InChI=1S/C40H52N8O6/c1-21(2)33(45-39(51)53-7)37(49)47-19-23(5)13-31(47)35-41-17-29(43-35)27-11-9-26-16-28(12-10-25(26)15-27)30-18-42-36(44-30)32-14-24(6)20-48(32)38(50)34(22(3)4)46-40(52)54-8/h9-12,15-18,21-24,31-34H,13-14,19-20H2,1-8H3,(H,41,43)(H,42,44)(H,45,51)(H,46,52). The van der Waals surface area contributed by atoms with Gasteiger partial charge < -0.3 is 39.9 Å². The van der Waals surface area contributed by atoms with Crippen molar-refractivity contribution >= 4 is 34.8 Å². The van der Waals surface area contributed by atoms with Crippen LogP contribution in [0, 0.1) is 23.7 Å². The first-order valence-electron chi connectivity index (χ1n) is 18.7. The van der Waals surface area contributed by atoms with Crippen molar-refractivity contribution in [1.82, 2.24) is 40.4 Å². The van der Waals surface area contributed by atoms with E-state index in [1.807, 2.05) is 62.0 Å². The molecular formula is C40H52N8O6. The molecule has 6 atom stereocenters. The van der Waals surface area contributed by atoms with Crippen LogP contribution in [0.5, 0.6) is 0 Å². The van der Waals surface area contributed by atoms with Crippen LogP contribution in [0.1, 0.15) is 78.1 Å². The van der Waals surface area contributed by atoms with Crippen molar-refractivity contribution in [2.45, 2.75) is 78.6 Å². The van der Waals surface area contributed by atoms with Crippen molar-refractivity contribution in [1.29, 1.82) is 0 Å². The second kappa shape index (κ2) is 15.9. The lowest BCUT2D eigenvalue weighted by Gasteiger charge is -2.30. The number of carbonyl (C=O) groups excluding carboxylic acids is 4. The molecule has 0 aliphatic carbocycles. The molecule has 2 aromatic carbocycles. The zero-order valence-electron chi connectivity index (χ0n) is 32.3. The number of nitrogens with one attached hydrogen (secondary N) is 4. The number of alkyl carbamates (subject to hydrolysis) is 2. The number of imidazole rings is 2. The van der Waals surface area contributed by atoms with Gasteiger partial charge in [-0.1, -0.05) is 65.8 Å². The lowest BCUT2D eigenvalue weighted by molar-refractivity contribution is -0.136. The van der Waals surface area contributed by atoms with Gasteiger partial charge in [-0.25, -0.2) is 19.6 Å². The molecule has 2 fully saturated rings. The number of fused-ring (bicyclic) bond motifs is 1. The highest BCUT2D eigenvalue weighted by Gasteiger charge is 2.41. The van der Waals surface area contributed by atoms with Gasteiger partial charge in [0.05, 0.1) is 50.1 Å². The van der Waals surface area contributed by atoms with E-state index >= 15 is 0 Å². The molecule has 4 amide bonds. The van der Waals surface area contributed by atoms with Gasteiger partial charge >= 0.3 is 12.2 Å². The van der Waals surface area contributed by atoms with Crippen molar-refractivity contribution in [2.75, 3.05) is 27.3 Å². The van der Waals surface area contributed by atoms with Crippen LogP contribution in [0.3, 0.4) is 0 Å². The molecule has 0 bridgehead atoms. The number of methoxy groups -OCH3 is 2. The highest BCUT2D eigenvalue weighted by Crippen LogP contribution is 2.38. The molecule has 0 spiro atoms. The molecule has 2 aromatic heterocycles. The Bertz CT molecular complexity index is 1860. The Morgan fingerprint density at radius 3 is 1.43 bits per heavy atom. The first-order valence-corrected chi connectivity index (χ1v) is 18.7. The monoisotopic (exact) mass is 740 g/mol. The summed E-state index contributed by atoms with van der Waals surface area (Å²) in [6, 6.07) is 10.6. The number of hydrogen-bond donors (Lipinski definition) is 4. The number of nitrogens with zero attached hydrogens (tertiary/aromatic N) is 4. The fourth-order valence-corrected chi connectivity index (χ4v) is 7.74. The van der Waals surface area contributed by atoms with Gasteiger partial charge in [0, 0.05) is 24.2 Å². The molecule has 14 nitrogen and oxygen atoms in total. The van der Waals surface area contributed by atoms with Crippen molar-refractivity contribution < 1.29 is 28.7 Å². The molecule has 54 heavy (non-hydrogen) atoms. The summed E-state index contributed by atoms with van der Waals surface area (Å²) in [7, 11) is 2.58. The number of carbonyl (C=O) groups is 4. The van der Waals surface area contributed by atoms with Gasteiger partial charge in [0.15, 0.2) is 0 Å². The van der Waals surface area contributed by atoms with Crippen LogP contribution in [0.15, 0.2) is 48.8 Å². The quantitative estimate of drug-likeness (QED) is 0.149. The van der Waals surface area contributed by atoms with Crippen LogP contribution in [0.25, 0.3) is 33.3 Å². The fourth-order valence-electron chi connectivity index (χ4n) is 7.74. The Balaban J connectivity index is 1.19. The number of aromatic amines is 2. The van der Waals surface area contributed by atoms with Crippen LogP contribution < -0.4 is 10.6 Å². The van der Waals surface area contributed by atoms with Gasteiger partial charge in [-0.15, -0.1) is 0 Å². The van der Waals surface area contributed by atoms with Crippen molar-refractivity contribution in [3.63, 3.8) is 0 Å². The maximum absolute atomic E-state index is 13.7. The second-order valence-corrected chi connectivity index (χ2v) is 15.6. The largest absolute Gasteiger partial charge is 0.453 e. The molecule has 0 saturated carbocycles. The number of ether oxygens (including phenoxy) is 2. The molecule has 288 valence electrons. The highest BCUT2D eigenvalue weighted by molar-refractivity contribution is 5.90. The van der Waals surface area contributed by atoms with E-state index in [4.69, 9.17) is 19.4 Å². The second-order valence-electron chi connectivity index (χ2n) is 15.6. The minimum atomic E-state index is -0.706. The van der Waals surface area contributed by atoms with Crippen LogP contribution in [0.2, 0.25) is 0 Å². The normalized spacial score (nSPS) is 21.1. The maximum atomic E-state index is 13.7. The Labute approximate surface area is 315 Å². The molecule has 4 heterocycles. The summed E-state index contributed by atoms with van der Waals surface area (Å²) in [5, 5.41) is 7.51. The van der Waals surface area contributed by atoms with Crippen molar-refractivity contribution in [3.05, 3.63) is 60.4 Å². The zero-order valence-corrected chi connectivity index (χ0v) is 32.3. The van der Waals surface area contributed by atoms with Crippen molar-refractivity contribution in [3.8, 4) is 22.5 Å². The van der Waals surface area contributed by atoms with E-state index in [2.05, 4.69) is 58.7 Å². The Morgan fingerprint density at radius 1 is 0.685 bits per heavy atom. The average molecular weight is 741 g/mol. The summed E-state index contributed by atoms with van der Waals surface area (Å²) in [5.74, 6) is 1.44. The molecular weight excluding hydrogens is 688 g/mol. The van der Waals surface area contributed by atoms with Crippen molar-refractivity contribution in [2.24, 2.45) is 23.7 Å². The van der Waals surface area contributed by atoms with Gasteiger partial charge in [0.2, 0.25) is 11.8 Å². The fraction of sp³-hybridized carbons (Fsp3) is 0.500. The third-order valence-corrected chi connectivity index (χ3v) is 10.7. The first kappa shape index (κ1) is 38.3. The molecule has 2 saturated heterocycles. The van der Waals surface area contributed by atoms with E-state index in [-0.39, 0.29) is 47.6 Å². The lowest BCUT2D eigenvalue weighted by atomic mass is 10.0. The molecule has 2 aliphatic heterocycles. The van der Waals surface area contributed by atoms with Gasteiger partial charge in [0.25, 0.3) is 0 Å². The molecule has 4 aromatic rings.